The fourth-order valence-corrected chi connectivity index (χ4v) is 6.26. The van der Waals surface area contributed by atoms with Crippen molar-refractivity contribution in [3.63, 3.8) is 0 Å². The highest BCUT2D eigenvalue weighted by Gasteiger charge is 2.27. The van der Waals surface area contributed by atoms with Crippen molar-refractivity contribution in [2.75, 3.05) is 35.3 Å². The molecule has 3 aromatic carbocycles. The van der Waals surface area contributed by atoms with Crippen LogP contribution < -0.4 is 25.0 Å². The molecule has 0 spiro atoms. The van der Waals surface area contributed by atoms with Crippen LogP contribution in [0.2, 0.25) is 0 Å². The number of urea groups is 1. The summed E-state index contributed by atoms with van der Waals surface area (Å²) in [7, 11) is 0. The van der Waals surface area contributed by atoms with E-state index in [1.165, 1.54) is 22.7 Å². The second-order valence-electron chi connectivity index (χ2n) is 9.27. The Kier molecular flexibility index (Phi) is 7.40. The summed E-state index contributed by atoms with van der Waals surface area (Å²) >= 11 is 2.63. The van der Waals surface area contributed by atoms with Gasteiger partial charge in [-0.15, -0.1) is 0 Å². The van der Waals surface area contributed by atoms with Gasteiger partial charge < -0.3 is 19.9 Å². The topological polar surface area (TPSA) is 126 Å². The highest BCUT2D eigenvalue weighted by Crippen LogP contribution is 2.39. The number of fused-ring (bicyclic) bond motifs is 2. The number of benzene rings is 3. The number of nitrogens with zero attached hydrogens (tertiary/aromatic N) is 3. The van der Waals surface area contributed by atoms with Gasteiger partial charge in [0.2, 0.25) is 0 Å². The lowest BCUT2D eigenvalue weighted by molar-refractivity contribution is 0.0692. The SMILES string of the molecule is CC(COc1ccccc1)Nc1sc(-c2ccc3c(c2)N(C(=O)Nc2nc4ccccc4s2)CCO3)nc1C(=O)O. The van der Waals surface area contributed by atoms with Crippen molar-refractivity contribution < 1.29 is 24.2 Å². The van der Waals surface area contributed by atoms with Crippen molar-refractivity contribution in [3.05, 3.63) is 78.5 Å². The fourth-order valence-electron chi connectivity index (χ4n) is 4.34. The Morgan fingerprint density at radius 3 is 2.68 bits per heavy atom. The molecule has 0 fully saturated rings. The van der Waals surface area contributed by atoms with Crippen molar-refractivity contribution >= 4 is 60.7 Å². The van der Waals surface area contributed by atoms with Crippen LogP contribution >= 0.6 is 22.7 Å². The highest BCUT2D eigenvalue weighted by atomic mass is 32.1. The number of carboxylic acids is 1. The molecule has 1 atom stereocenters. The number of thiazole rings is 2. The van der Waals surface area contributed by atoms with E-state index in [4.69, 9.17) is 9.47 Å². The van der Waals surface area contributed by atoms with E-state index in [0.717, 1.165) is 16.0 Å². The molecule has 0 saturated heterocycles. The van der Waals surface area contributed by atoms with Gasteiger partial charge in [-0.3, -0.25) is 10.2 Å². The zero-order valence-corrected chi connectivity index (χ0v) is 23.5. The van der Waals surface area contributed by atoms with Crippen LogP contribution in [0.1, 0.15) is 17.4 Å². The number of para-hydroxylation sites is 2. The Morgan fingerprint density at radius 2 is 1.88 bits per heavy atom. The van der Waals surface area contributed by atoms with Crippen LogP contribution in [0.5, 0.6) is 11.5 Å². The third kappa shape index (κ3) is 5.79. The quantitative estimate of drug-likeness (QED) is 0.190. The molecule has 0 radical (unpaired) electrons. The number of rotatable bonds is 8. The predicted octanol–water partition coefficient (Wildman–Crippen LogP) is 6.43. The Morgan fingerprint density at radius 1 is 1.07 bits per heavy atom. The number of anilines is 3. The first kappa shape index (κ1) is 26.5. The molecule has 6 rings (SSSR count). The largest absolute Gasteiger partial charge is 0.491 e. The number of hydrogen-bond acceptors (Lipinski definition) is 9. The van der Waals surface area contributed by atoms with Gasteiger partial charge in [-0.2, -0.15) is 0 Å². The highest BCUT2D eigenvalue weighted by molar-refractivity contribution is 7.22. The van der Waals surface area contributed by atoms with Gasteiger partial charge in [0.05, 0.1) is 28.5 Å². The molecule has 2 aromatic heterocycles. The van der Waals surface area contributed by atoms with Crippen LogP contribution in [0.25, 0.3) is 20.8 Å². The van der Waals surface area contributed by atoms with E-state index >= 15 is 0 Å². The first-order valence-electron chi connectivity index (χ1n) is 12.8. The van der Waals surface area contributed by atoms with Crippen LogP contribution in [-0.4, -0.2) is 52.9 Å². The summed E-state index contributed by atoms with van der Waals surface area (Å²) < 4.78 is 12.6. The van der Waals surface area contributed by atoms with E-state index in [0.29, 0.717) is 51.9 Å². The molecule has 5 aromatic rings. The van der Waals surface area contributed by atoms with Crippen molar-refractivity contribution in [3.8, 4) is 22.1 Å². The summed E-state index contributed by atoms with van der Waals surface area (Å²) in [5.74, 6) is 0.154. The minimum Gasteiger partial charge on any atom is -0.491 e. The molecular formula is C29H25N5O5S2. The molecule has 41 heavy (non-hydrogen) atoms. The Hall–Kier alpha value is -4.68. The monoisotopic (exact) mass is 587 g/mol. The molecule has 0 saturated carbocycles. The lowest BCUT2D eigenvalue weighted by Crippen LogP contribution is -2.40. The summed E-state index contributed by atoms with van der Waals surface area (Å²) in [6.07, 6.45) is 0. The molecule has 208 valence electrons. The van der Waals surface area contributed by atoms with Gasteiger partial charge in [0, 0.05) is 5.56 Å². The summed E-state index contributed by atoms with van der Waals surface area (Å²) in [6.45, 7) is 2.94. The number of aromatic nitrogens is 2. The minimum absolute atomic E-state index is 0.0732. The number of aromatic carboxylic acids is 1. The van der Waals surface area contributed by atoms with E-state index in [1.807, 2.05) is 67.6 Å². The molecule has 12 heteroatoms. The zero-order chi connectivity index (χ0) is 28.3. The van der Waals surface area contributed by atoms with Gasteiger partial charge in [-0.25, -0.2) is 19.6 Å². The van der Waals surface area contributed by atoms with E-state index in [2.05, 4.69) is 20.6 Å². The number of amides is 2. The number of carbonyl (C=O) groups is 2. The number of ether oxygens (including phenoxy) is 2. The predicted molar refractivity (Wildman–Crippen MR) is 161 cm³/mol. The maximum atomic E-state index is 13.3. The molecule has 1 aliphatic rings. The van der Waals surface area contributed by atoms with E-state index < -0.39 is 5.97 Å². The van der Waals surface area contributed by atoms with Gasteiger partial charge in [-0.1, -0.05) is 53.0 Å². The number of hydrogen-bond donors (Lipinski definition) is 3. The molecule has 3 heterocycles. The Bertz CT molecular complexity index is 1690. The van der Waals surface area contributed by atoms with E-state index in [9.17, 15) is 14.7 Å². The van der Waals surface area contributed by atoms with Crippen LogP contribution in [0.4, 0.5) is 20.6 Å². The minimum atomic E-state index is -1.13. The normalized spacial score (nSPS) is 13.2. The van der Waals surface area contributed by atoms with Crippen molar-refractivity contribution in [1.29, 1.82) is 0 Å². The van der Waals surface area contributed by atoms with E-state index in [-0.39, 0.29) is 17.8 Å². The van der Waals surface area contributed by atoms with Gasteiger partial charge >= 0.3 is 12.0 Å². The third-order valence-corrected chi connectivity index (χ3v) is 8.26. The average Bonchev–Trinajstić information content (AvgIpc) is 3.60. The summed E-state index contributed by atoms with van der Waals surface area (Å²) in [6, 6.07) is 22.0. The van der Waals surface area contributed by atoms with Crippen molar-refractivity contribution in [2.24, 2.45) is 0 Å². The summed E-state index contributed by atoms with van der Waals surface area (Å²) in [5, 5.41) is 17.4. The second kappa shape index (κ2) is 11.4. The lowest BCUT2D eigenvalue weighted by Gasteiger charge is -2.29. The summed E-state index contributed by atoms with van der Waals surface area (Å²) in [4.78, 5) is 35.8. The number of nitrogens with one attached hydrogen (secondary N) is 2. The molecule has 10 nitrogen and oxygen atoms in total. The first-order valence-corrected chi connectivity index (χ1v) is 14.5. The van der Waals surface area contributed by atoms with Crippen LogP contribution in [-0.2, 0) is 0 Å². The average molecular weight is 588 g/mol. The maximum absolute atomic E-state index is 13.3. The van der Waals surface area contributed by atoms with Crippen molar-refractivity contribution in [1.82, 2.24) is 9.97 Å². The lowest BCUT2D eigenvalue weighted by atomic mass is 10.1. The van der Waals surface area contributed by atoms with Gasteiger partial charge in [0.15, 0.2) is 10.8 Å². The smallest absolute Gasteiger partial charge is 0.357 e. The molecule has 3 N–H and O–H groups in total. The van der Waals surface area contributed by atoms with Gasteiger partial charge in [-0.05, 0) is 49.4 Å². The molecule has 1 aliphatic heterocycles. The third-order valence-electron chi connectivity index (χ3n) is 6.27. The zero-order valence-electron chi connectivity index (χ0n) is 21.9. The van der Waals surface area contributed by atoms with Gasteiger partial charge in [0.1, 0.15) is 34.7 Å². The maximum Gasteiger partial charge on any atom is 0.357 e. The van der Waals surface area contributed by atoms with Crippen molar-refractivity contribution in [2.45, 2.75) is 13.0 Å². The molecule has 1 unspecified atom stereocenters. The summed E-state index contributed by atoms with van der Waals surface area (Å²) in [5.41, 5.74) is 1.98. The Balaban J connectivity index is 1.22. The fraction of sp³-hybridized carbons (Fsp3) is 0.172. The van der Waals surface area contributed by atoms with Crippen LogP contribution in [0.3, 0.4) is 0 Å². The second-order valence-corrected chi connectivity index (χ2v) is 11.3. The molecular weight excluding hydrogens is 562 g/mol. The van der Waals surface area contributed by atoms with E-state index in [1.54, 1.807) is 17.0 Å². The molecule has 2 amide bonds. The van der Waals surface area contributed by atoms with Crippen LogP contribution in [0, 0.1) is 0 Å². The molecule has 0 aliphatic carbocycles. The number of carbonyl (C=O) groups excluding carboxylic acids is 1. The van der Waals surface area contributed by atoms with Crippen LogP contribution in [0.15, 0.2) is 72.8 Å². The first-order chi connectivity index (χ1) is 19.9. The Labute approximate surface area is 243 Å². The standard InChI is InChI=1S/C29H25N5O5S2/c1-17(16-39-19-7-3-2-4-8-19)30-26-24(27(35)36)32-25(41-26)18-11-12-22-21(15-18)34(13-14-38-22)29(37)33-28-31-20-9-5-6-10-23(20)40-28/h2-12,15,17,30H,13-14,16H2,1H3,(H,35,36)(H,31,33,37). The number of carboxylic acid groups (broad SMARTS) is 1. The molecule has 0 bridgehead atoms. The van der Waals surface area contributed by atoms with Gasteiger partial charge in [0.25, 0.3) is 0 Å².